The summed E-state index contributed by atoms with van der Waals surface area (Å²) in [6.45, 7) is 6.03. The largest absolute Gasteiger partial charge is 0.466 e. The Balaban J connectivity index is 1.77. The van der Waals surface area contributed by atoms with Gasteiger partial charge in [0.15, 0.2) is 0 Å². The minimum Gasteiger partial charge on any atom is -0.466 e. The van der Waals surface area contributed by atoms with Crippen LogP contribution in [0.15, 0.2) is 70.9 Å². The van der Waals surface area contributed by atoms with Crippen molar-refractivity contribution in [1.29, 1.82) is 0 Å². The molecule has 0 aromatic carbocycles. The van der Waals surface area contributed by atoms with Crippen LogP contribution in [0.3, 0.4) is 0 Å². The summed E-state index contributed by atoms with van der Waals surface area (Å²) in [5, 5.41) is 7.11. The molecule has 0 aromatic rings. The topological polar surface area (TPSA) is 33.3 Å². The summed E-state index contributed by atoms with van der Waals surface area (Å²) in [6, 6.07) is 0.322. The summed E-state index contributed by atoms with van der Waals surface area (Å²) in [5.74, 6) is 1.90. The molecule has 1 atom stereocenters. The van der Waals surface area contributed by atoms with Crippen molar-refractivity contribution in [3.8, 4) is 0 Å². The fraction of sp³-hybridized carbons (Fsp3) is 0.368. The molecule has 0 saturated heterocycles. The minimum atomic E-state index is 0.322. The fourth-order valence-corrected chi connectivity index (χ4v) is 3.08. The van der Waals surface area contributed by atoms with Crippen molar-refractivity contribution in [3.63, 3.8) is 0 Å². The van der Waals surface area contributed by atoms with Crippen LogP contribution in [0.4, 0.5) is 0 Å². The van der Waals surface area contributed by atoms with Gasteiger partial charge >= 0.3 is 0 Å². The van der Waals surface area contributed by atoms with E-state index in [0.29, 0.717) is 6.04 Å². The molecular formula is C19H24N2O. The smallest absolute Gasteiger partial charge is 0.107 e. The Morgan fingerprint density at radius 1 is 1.41 bits per heavy atom. The van der Waals surface area contributed by atoms with Gasteiger partial charge in [0, 0.05) is 25.2 Å². The Hall–Kier alpha value is -2.00. The standard InChI is InChI=1S/C19H24N2O/c1-3-4-6-14(2)22-15-7-5-8-18-16(10-9-15)17-13-20-12-11-19(17)21-18/h3-8,10,18,20-21H,9,11-13H2,1-2H3/b4-3-,8-5?,14-6+,15-7+,16-10-. The third-order valence-electron chi connectivity index (χ3n) is 4.16. The van der Waals surface area contributed by atoms with Crippen LogP contribution < -0.4 is 10.6 Å². The van der Waals surface area contributed by atoms with E-state index in [4.69, 9.17) is 4.74 Å². The molecule has 2 N–H and O–H groups in total. The second-order valence-corrected chi connectivity index (χ2v) is 5.79. The van der Waals surface area contributed by atoms with Crippen LogP contribution in [0.25, 0.3) is 0 Å². The maximum Gasteiger partial charge on any atom is 0.107 e. The van der Waals surface area contributed by atoms with E-state index >= 15 is 0 Å². The van der Waals surface area contributed by atoms with E-state index in [1.54, 1.807) is 0 Å². The van der Waals surface area contributed by atoms with Crippen molar-refractivity contribution < 1.29 is 4.74 Å². The van der Waals surface area contributed by atoms with Gasteiger partial charge in [0.25, 0.3) is 0 Å². The van der Waals surface area contributed by atoms with Crippen LogP contribution in [0.1, 0.15) is 26.7 Å². The SMILES string of the molecule is C/C=C\C=C(/C)O/C1=C/C=CC2NC3=C(CNCC3)/C2=C/C1. The van der Waals surface area contributed by atoms with Gasteiger partial charge < -0.3 is 15.4 Å². The third-order valence-corrected chi connectivity index (χ3v) is 4.16. The average Bonchev–Trinajstić information content (AvgIpc) is 2.85. The van der Waals surface area contributed by atoms with Crippen LogP contribution in [0.2, 0.25) is 0 Å². The highest BCUT2D eigenvalue weighted by Crippen LogP contribution is 2.31. The Kier molecular flexibility index (Phi) is 4.64. The van der Waals surface area contributed by atoms with Crippen LogP contribution in [-0.2, 0) is 4.74 Å². The van der Waals surface area contributed by atoms with Gasteiger partial charge in [-0.1, -0.05) is 30.4 Å². The third kappa shape index (κ3) is 3.25. The quantitative estimate of drug-likeness (QED) is 0.618. The molecule has 0 bridgehead atoms. The summed E-state index contributed by atoms with van der Waals surface area (Å²) in [4.78, 5) is 0. The number of rotatable bonds is 3. The zero-order valence-corrected chi connectivity index (χ0v) is 13.4. The van der Waals surface area contributed by atoms with Crippen molar-refractivity contribution in [3.05, 3.63) is 70.9 Å². The molecule has 3 rings (SSSR count). The van der Waals surface area contributed by atoms with E-state index in [-0.39, 0.29) is 0 Å². The van der Waals surface area contributed by atoms with E-state index in [0.717, 1.165) is 37.4 Å². The molecule has 3 nitrogen and oxygen atoms in total. The first-order valence-corrected chi connectivity index (χ1v) is 8.02. The molecule has 0 fully saturated rings. The van der Waals surface area contributed by atoms with Gasteiger partial charge in [0.2, 0.25) is 0 Å². The van der Waals surface area contributed by atoms with Crippen LogP contribution >= 0.6 is 0 Å². The molecule has 3 heteroatoms. The molecule has 116 valence electrons. The zero-order valence-electron chi connectivity index (χ0n) is 13.4. The summed E-state index contributed by atoms with van der Waals surface area (Å²) in [5.41, 5.74) is 4.26. The Morgan fingerprint density at radius 3 is 3.18 bits per heavy atom. The fourth-order valence-electron chi connectivity index (χ4n) is 3.08. The molecule has 3 aliphatic rings. The summed E-state index contributed by atoms with van der Waals surface area (Å²) in [6.07, 6.45) is 16.6. The average molecular weight is 296 g/mol. The Morgan fingerprint density at radius 2 is 2.32 bits per heavy atom. The highest BCUT2D eigenvalue weighted by Gasteiger charge is 2.28. The second kappa shape index (κ2) is 6.84. The van der Waals surface area contributed by atoms with E-state index in [1.165, 1.54) is 16.8 Å². The van der Waals surface area contributed by atoms with Gasteiger partial charge in [-0.3, -0.25) is 0 Å². The lowest BCUT2D eigenvalue weighted by molar-refractivity contribution is 0.300. The molecule has 0 amide bonds. The van der Waals surface area contributed by atoms with Gasteiger partial charge in [0.05, 0.1) is 6.04 Å². The molecular weight excluding hydrogens is 272 g/mol. The van der Waals surface area contributed by atoms with E-state index in [1.807, 2.05) is 32.1 Å². The monoisotopic (exact) mass is 296 g/mol. The van der Waals surface area contributed by atoms with Crippen LogP contribution in [0, 0.1) is 0 Å². The van der Waals surface area contributed by atoms with Crippen molar-refractivity contribution in [1.82, 2.24) is 10.6 Å². The highest BCUT2D eigenvalue weighted by molar-refractivity contribution is 5.50. The van der Waals surface area contributed by atoms with Crippen molar-refractivity contribution >= 4 is 0 Å². The van der Waals surface area contributed by atoms with Gasteiger partial charge in [0.1, 0.15) is 11.5 Å². The molecule has 2 aliphatic heterocycles. The molecule has 0 aromatic heterocycles. The number of hydrogen-bond acceptors (Lipinski definition) is 3. The van der Waals surface area contributed by atoms with Gasteiger partial charge in [-0.25, -0.2) is 0 Å². The number of allylic oxidation sites excluding steroid dienone is 7. The maximum atomic E-state index is 5.94. The van der Waals surface area contributed by atoms with E-state index < -0.39 is 0 Å². The Bertz CT molecular complexity index is 617. The first-order chi connectivity index (χ1) is 10.8. The number of nitrogens with one attached hydrogen (secondary N) is 2. The van der Waals surface area contributed by atoms with Crippen molar-refractivity contribution in [2.45, 2.75) is 32.7 Å². The maximum absolute atomic E-state index is 5.94. The van der Waals surface area contributed by atoms with Gasteiger partial charge in [-0.2, -0.15) is 0 Å². The second-order valence-electron chi connectivity index (χ2n) is 5.79. The minimum absolute atomic E-state index is 0.322. The molecule has 22 heavy (non-hydrogen) atoms. The lowest BCUT2D eigenvalue weighted by Gasteiger charge is -2.16. The zero-order chi connectivity index (χ0) is 15.4. The molecule has 2 heterocycles. The number of hydrogen-bond donors (Lipinski definition) is 2. The van der Waals surface area contributed by atoms with E-state index in [2.05, 4.69) is 34.9 Å². The van der Waals surface area contributed by atoms with Gasteiger partial charge in [-0.15, -0.1) is 0 Å². The van der Waals surface area contributed by atoms with Crippen molar-refractivity contribution in [2.24, 2.45) is 0 Å². The summed E-state index contributed by atoms with van der Waals surface area (Å²) < 4.78 is 5.94. The van der Waals surface area contributed by atoms with E-state index in [9.17, 15) is 0 Å². The molecule has 0 saturated carbocycles. The predicted molar refractivity (Wildman–Crippen MR) is 91.0 cm³/mol. The number of fused-ring (bicyclic) bond motifs is 2. The predicted octanol–water partition coefficient (Wildman–Crippen LogP) is 3.47. The van der Waals surface area contributed by atoms with Crippen LogP contribution in [0.5, 0.6) is 0 Å². The lowest BCUT2D eigenvalue weighted by atomic mass is 9.96. The first-order valence-electron chi connectivity index (χ1n) is 8.02. The van der Waals surface area contributed by atoms with Gasteiger partial charge in [-0.05, 0) is 43.6 Å². The molecule has 0 radical (unpaired) electrons. The summed E-state index contributed by atoms with van der Waals surface area (Å²) >= 11 is 0. The number of ether oxygens (including phenoxy) is 1. The lowest BCUT2D eigenvalue weighted by Crippen LogP contribution is -2.26. The normalized spacial score (nSPS) is 29.7. The molecule has 1 aliphatic carbocycles. The van der Waals surface area contributed by atoms with Crippen LogP contribution in [-0.4, -0.2) is 19.1 Å². The Labute approximate surface area is 132 Å². The summed E-state index contributed by atoms with van der Waals surface area (Å²) in [7, 11) is 0. The van der Waals surface area contributed by atoms with Crippen molar-refractivity contribution in [2.75, 3.05) is 13.1 Å². The molecule has 0 spiro atoms. The highest BCUT2D eigenvalue weighted by atomic mass is 16.5. The first kappa shape index (κ1) is 14.9. The molecule has 1 unspecified atom stereocenters.